The van der Waals surface area contributed by atoms with Crippen molar-refractivity contribution in [3.05, 3.63) is 47.5 Å². The van der Waals surface area contributed by atoms with Crippen LogP contribution in [-0.2, 0) is 0 Å². The van der Waals surface area contributed by atoms with Crippen molar-refractivity contribution in [3.8, 4) is 17.9 Å². The molecule has 0 unspecified atom stereocenters. The van der Waals surface area contributed by atoms with Crippen LogP contribution in [-0.4, -0.2) is 7.11 Å². The Bertz CT molecular complexity index is 726. The minimum absolute atomic E-state index is 0.318. The number of hydrogen-bond donors (Lipinski definition) is 2. The Morgan fingerprint density at radius 3 is 2.45 bits per heavy atom. The Morgan fingerprint density at radius 2 is 1.80 bits per heavy atom. The summed E-state index contributed by atoms with van der Waals surface area (Å²) in [6.45, 7) is 0. The van der Waals surface area contributed by atoms with Gasteiger partial charge in [0.2, 0.25) is 0 Å². The van der Waals surface area contributed by atoms with Crippen molar-refractivity contribution >= 4 is 17.1 Å². The second-order valence-electron chi connectivity index (χ2n) is 4.06. The first kappa shape index (κ1) is 13.3. The van der Waals surface area contributed by atoms with Crippen molar-refractivity contribution < 1.29 is 4.74 Å². The number of benzene rings is 2. The topological polar surface area (TPSA) is 94.9 Å². The van der Waals surface area contributed by atoms with Crippen LogP contribution in [0.2, 0.25) is 0 Å². The minimum atomic E-state index is 0.318. The Hall–Kier alpha value is -3.18. The molecule has 0 saturated carbocycles. The van der Waals surface area contributed by atoms with E-state index in [1.807, 2.05) is 12.1 Å². The zero-order chi connectivity index (χ0) is 14.5. The summed E-state index contributed by atoms with van der Waals surface area (Å²) >= 11 is 0. The van der Waals surface area contributed by atoms with Gasteiger partial charge >= 0.3 is 0 Å². The summed E-state index contributed by atoms with van der Waals surface area (Å²) in [7, 11) is 1.57. The molecule has 3 N–H and O–H groups in total. The van der Waals surface area contributed by atoms with Crippen molar-refractivity contribution in [1.82, 2.24) is 0 Å². The van der Waals surface area contributed by atoms with Crippen LogP contribution >= 0.6 is 0 Å². The smallest absolute Gasteiger partial charge is 0.121 e. The molecule has 0 aromatic heterocycles. The number of ether oxygens (including phenoxy) is 1. The molecule has 0 spiro atoms. The number of nitrogens with two attached hydrogens (primary N) is 1. The maximum atomic E-state index is 9.00. The minimum Gasteiger partial charge on any atom is -0.497 e. The van der Waals surface area contributed by atoms with E-state index in [0.29, 0.717) is 33.9 Å². The number of nitrogens with zero attached hydrogens (tertiary/aromatic N) is 2. The van der Waals surface area contributed by atoms with Gasteiger partial charge in [0.15, 0.2) is 0 Å². The number of anilines is 3. The first-order valence-electron chi connectivity index (χ1n) is 5.82. The van der Waals surface area contributed by atoms with E-state index >= 15 is 0 Å². The van der Waals surface area contributed by atoms with Gasteiger partial charge in [-0.2, -0.15) is 10.5 Å². The molecule has 0 amide bonds. The first-order valence-corrected chi connectivity index (χ1v) is 5.82. The molecule has 0 aliphatic heterocycles. The first-order chi connectivity index (χ1) is 9.67. The predicted molar refractivity (Wildman–Crippen MR) is 76.6 cm³/mol. The van der Waals surface area contributed by atoms with E-state index < -0.39 is 0 Å². The molecule has 0 heterocycles. The maximum absolute atomic E-state index is 9.00. The predicted octanol–water partition coefficient (Wildman–Crippen LogP) is 2.76. The number of nitrogens with one attached hydrogen (secondary N) is 1. The van der Waals surface area contributed by atoms with Crippen molar-refractivity contribution in [2.45, 2.75) is 0 Å². The standard InChI is InChI=1S/C15H12N4O/c1-20-13-4-5-14(18)15(7-13)19-12-3-2-10(8-16)11(6-12)9-17/h2-7,19H,18H2,1H3. The second-order valence-corrected chi connectivity index (χ2v) is 4.06. The highest BCUT2D eigenvalue weighted by Crippen LogP contribution is 2.28. The Labute approximate surface area is 116 Å². The van der Waals surface area contributed by atoms with Gasteiger partial charge in [-0.3, -0.25) is 0 Å². The highest BCUT2D eigenvalue weighted by molar-refractivity contribution is 5.75. The summed E-state index contributed by atoms with van der Waals surface area (Å²) in [6, 6.07) is 14.1. The van der Waals surface area contributed by atoms with Gasteiger partial charge in [0.1, 0.15) is 17.9 Å². The molecular formula is C15H12N4O. The number of nitrogen functional groups attached to an aromatic ring is 1. The van der Waals surface area contributed by atoms with Crippen molar-refractivity contribution in [3.63, 3.8) is 0 Å². The second kappa shape index (κ2) is 5.64. The van der Waals surface area contributed by atoms with Gasteiger partial charge in [0, 0.05) is 11.8 Å². The molecule has 0 bridgehead atoms. The highest BCUT2D eigenvalue weighted by Gasteiger charge is 2.06. The fourth-order valence-electron chi connectivity index (χ4n) is 1.74. The third kappa shape index (κ3) is 2.63. The van der Waals surface area contributed by atoms with Crippen LogP contribution in [0.25, 0.3) is 0 Å². The average molecular weight is 264 g/mol. The Morgan fingerprint density at radius 1 is 1.05 bits per heavy atom. The molecule has 2 rings (SSSR count). The van der Waals surface area contributed by atoms with Gasteiger partial charge in [0.05, 0.1) is 29.6 Å². The van der Waals surface area contributed by atoms with Crippen LogP contribution in [0.1, 0.15) is 11.1 Å². The Kier molecular flexibility index (Phi) is 3.74. The number of methoxy groups -OCH3 is 1. The van der Waals surface area contributed by atoms with Gasteiger partial charge in [-0.15, -0.1) is 0 Å². The highest BCUT2D eigenvalue weighted by atomic mass is 16.5. The molecule has 0 atom stereocenters. The zero-order valence-corrected chi connectivity index (χ0v) is 10.8. The SMILES string of the molecule is COc1ccc(N)c(Nc2ccc(C#N)c(C#N)c2)c1. The molecule has 0 fully saturated rings. The zero-order valence-electron chi connectivity index (χ0n) is 10.8. The summed E-state index contributed by atoms with van der Waals surface area (Å²) in [5, 5.41) is 21.0. The monoisotopic (exact) mass is 264 g/mol. The normalized spacial score (nSPS) is 9.35. The molecule has 5 heteroatoms. The molecular weight excluding hydrogens is 252 g/mol. The summed E-state index contributed by atoms with van der Waals surface area (Å²) in [5.41, 5.74) is 8.47. The number of nitriles is 2. The summed E-state index contributed by atoms with van der Waals surface area (Å²) in [5.74, 6) is 0.677. The lowest BCUT2D eigenvalue weighted by Crippen LogP contribution is -1.98. The number of hydrogen-bond acceptors (Lipinski definition) is 5. The van der Waals surface area contributed by atoms with Gasteiger partial charge in [-0.05, 0) is 30.3 Å². The summed E-state index contributed by atoms with van der Waals surface area (Å²) < 4.78 is 5.14. The average Bonchev–Trinajstić information content (AvgIpc) is 2.49. The summed E-state index contributed by atoms with van der Waals surface area (Å²) in [4.78, 5) is 0. The largest absolute Gasteiger partial charge is 0.497 e. The van der Waals surface area contributed by atoms with E-state index in [1.54, 1.807) is 43.5 Å². The maximum Gasteiger partial charge on any atom is 0.121 e. The fraction of sp³-hybridized carbons (Fsp3) is 0.0667. The van der Waals surface area contributed by atoms with Gasteiger partial charge in [-0.25, -0.2) is 0 Å². The lowest BCUT2D eigenvalue weighted by molar-refractivity contribution is 0.415. The molecule has 2 aromatic rings. The van der Waals surface area contributed by atoms with Crippen LogP contribution in [0.5, 0.6) is 5.75 Å². The molecule has 5 nitrogen and oxygen atoms in total. The molecule has 20 heavy (non-hydrogen) atoms. The van der Waals surface area contributed by atoms with E-state index in [4.69, 9.17) is 21.0 Å². The van der Waals surface area contributed by atoms with Crippen molar-refractivity contribution in [1.29, 1.82) is 10.5 Å². The van der Waals surface area contributed by atoms with Crippen LogP contribution in [0.4, 0.5) is 17.1 Å². The molecule has 0 radical (unpaired) electrons. The fourth-order valence-corrected chi connectivity index (χ4v) is 1.74. The number of rotatable bonds is 3. The Balaban J connectivity index is 2.36. The molecule has 0 aliphatic rings. The molecule has 0 aliphatic carbocycles. The van der Waals surface area contributed by atoms with Crippen molar-refractivity contribution in [2.75, 3.05) is 18.2 Å². The van der Waals surface area contributed by atoms with Gasteiger partial charge in [0.25, 0.3) is 0 Å². The molecule has 2 aromatic carbocycles. The quantitative estimate of drug-likeness (QED) is 0.831. The van der Waals surface area contributed by atoms with Crippen LogP contribution < -0.4 is 15.8 Å². The third-order valence-electron chi connectivity index (χ3n) is 2.80. The van der Waals surface area contributed by atoms with Gasteiger partial charge in [-0.1, -0.05) is 0 Å². The van der Waals surface area contributed by atoms with Gasteiger partial charge < -0.3 is 15.8 Å². The van der Waals surface area contributed by atoms with Crippen LogP contribution in [0.3, 0.4) is 0 Å². The third-order valence-corrected chi connectivity index (χ3v) is 2.80. The molecule has 0 saturated heterocycles. The lowest BCUT2D eigenvalue weighted by Gasteiger charge is -2.11. The molecule has 98 valence electrons. The van der Waals surface area contributed by atoms with Crippen molar-refractivity contribution in [2.24, 2.45) is 0 Å². The lowest BCUT2D eigenvalue weighted by atomic mass is 10.1. The van der Waals surface area contributed by atoms with E-state index in [9.17, 15) is 0 Å². The van der Waals surface area contributed by atoms with Crippen LogP contribution in [0.15, 0.2) is 36.4 Å². The van der Waals surface area contributed by atoms with E-state index in [-0.39, 0.29) is 0 Å². The van der Waals surface area contributed by atoms with Crippen LogP contribution in [0, 0.1) is 22.7 Å². The van der Waals surface area contributed by atoms with E-state index in [2.05, 4.69) is 5.32 Å². The summed E-state index contributed by atoms with van der Waals surface area (Å²) in [6.07, 6.45) is 0. The van der Waals surface area contributed by atoms with E-state index in [1.165, 1.54) is 0 Å². The van der Waals surface area contributed by atoms with E-state index in [0.717, 1.165) is 0 Å².